The summed E-state index contributed by atoms with van der Waals surface area (Å²) in [5.41, 5.74) is 1.96. The molecule has 1 atom stereocenters. The van der Waals surface area contributed by atoms with Crippen molar-refractivity contribution in [2.45, 2.75) is 71.2 Å². The predicted octanol–water partition coefficient (Wildman–Crippen LogP) is 4.38. The van der Waals surface area contributed by atoms with E-state index in [0.717, 1.165) is 16.9 Å². The van der Waals surface area contributed by atoms with Gasteiger partial charge in [0.15, 0.2) is 0 Å². The molecule has 0 aromatic heterocycles. The average molecular weight is 292 g/mol. The first-order valence-electron chi connectivity index (χ1n) is 8.26. The first-order valence-corrected chi connectivity index (χ1v) is 8.26. The fraction of sp³-hybridized carbons (Fsp3) is 0.667. The minimum Gasteiger partial charge on any atom is -0.494 e. The van der Waals surface area contributed by atoms with Gasteiger partial charge in [-0.2, -0.15) is 0 Å². The van der Waals surface area contributed by atoms with Crippen molar-refractivity contribution in [1.29, 1.82) is 0 Å². The minimum absolute atomic E-state index is 0.372. The summed E-state index contributed by atoms with van der Waals surface area (Å²) in [4.78, 5) is 0. The molecule has 0 heterocycles. The Kier molecular flexibility index (Phi) is 6.52. The maximum atomic E-state index is 9.74. The molecule has 0 radical (unpaired) electrons. The molecule has 3 heteroatoms. The van der Waals surface area contributed by atoms with Gasteiger partial charge in [0.1, 0.15) is 5.75 Å². The Morgan fingerprint density at radius 1 is 1.19 bits per heavy atom. The molecule has 0 spiro atoms. The Labute approximate surface area is 128 Å². The number of hydrogen-bond acceptors (Lipinski definition) is 3. The number of benzene rings is 1. The summed E-state index contributed by atoms with van der Waals surface area (Å²) in [7, 11) is 0. The lowest BCUT2D eigenvalue weighted by atomic mass is 10.1. The van der Waals surface area contributed by atoms with E-state index in [1.807, 2.05) is 25.1 Å². The molecule has 1 aromatic rings. The average Bonchev–Trinajstić information content (AvgIpc) is 2.75. The quantitative estimate of drug-likeness (QED) is 0.791. The van der Waals surface area contributed by atoms with E-state index in [4.69, 9.17) is 9.47 Å². The van der Waals surface area contributed by atoms with E-state index in [2.05, 4.69) is 0 Å². The maximum Gasteiger partial charge on any atom is 0.124 e. The van der Waals surface area contributed by atoms with Crippen molar-refractivity contribution in [2.24, 2.45) is 0 Å². The molecular weight excluding hydrogens is 264 g/mol. The Bertz CT molecular complexity index is 420. The van der Waals surface area contributed by atoms with Crippen LogP contribution in [-0.2, 0) is 11.3 Å². The highest BCUT2D eigenvalue weighted by Crippen LogP contribution is 2.27. The molecule has 1 fully saturated rings. The van der Waals surface area contributed by atoms with Gasteiger partial charge in [-0.1, -0.05) is 31.7 Å². The van der Waals surface area contributed by atoms with Crippen LogP contribution in [0.25, 0.3) is 0 Å². The summed E-state index contributed by atoms with van der Waals surface area (Å²) < 4.78 is 11.8. The van der Waals surface area contributed by atoms with Gasteiger partial charge in [-0.15, -0.1) is 0 Å². The second kappa shape index (κ2) is 8.40. The number of hydrogen-bond donors (Lipinski definition) is 1. The molecule has 0 saturated heterocycles. The molecule has 21 heavy (non-hydrogen) atoms. The maximum absolute atomic E-state index is 9.74. The zero-order chi connectivity index (χ0) is 15.1. The van der Waals surface area contributed by atoms with Crippen LogP contribution in [0.1, 0.15) is 69.6 Å². The zero-order valence-electron chi connectivity index (χ0n) is 13.3. The third-order valence-corrected chi connectivity index (χ3v) is 4.14. The van der Waals surface area contributed by atoms with Gasteiger partial charge in [0.25, 0.3) is 0 Å². The molecule has 0 bridgehead atoms. The molecule has 0 aliphatic heterocycles. The van der Waals surface area contributed by atoms with Crippen molar-refractivity contribution < 1.29 is 14.6 Å². The summed E-state index contributed by atoms with van der Waals surface area (Å²) in [5, 5.41) is 9.74. The number of aliphatic hydroxyl groups is 1. The Hall–Kier alpha value is -1.06. The summed E-state index contributed by atoms with van der Waals surface area (Å²) in [6.07, 6.45) is 7.46. The topological polar surface area (TPSA) is 38.7 Å². The largest absolute Gasteiger partial charge is 0.494 e. The summed E-state index contributed by atoms with van der Waals surface area (Å²) in [6.45, 7) is 4.98. The van der Waals surface area contributed by atoms with Gasteiger partial charge in [-0.25, -0.2) is 0 Å². The van der Waals surface area contributed by atoms with Crippen molar-refractivity contribution in [3.05, 3.63) is 29.3 Å². The van der Waals surface area contributed by atoms with Crippen molar-refractivity contribution in [1.82, 2.24) is 0 Å². The van der Waals surface area contributed by atoms with Gasteiger partial charge in [0.2, 0.25) is 0 Å². The molecule has 1 aliphatic carbocycles. The Balaban J connectivity index is 2.03. The van der Waals surface area contributed by atoms with Gasteiger partial charge in [0.05, 0.1) is 25.4 Å². The van der Waals surface area contributed by atoms with E-state index in [-0.39, 0.29) is 0 Å². The normalized spacial score (nSPS) is 18.2. The smallest absolute Gasteiger partial charge is 0.124 e. The molecule has 2 rings (SSSR count). The Morgan fingerprint density at radius 3 is 2.52 bits per heavy atom. The summed E-state index contributed by atoms with van der Waals surface area (Å²) in [5.74, 6) is 0.871. The summed E-state index contributed by atoms with van der Waals surface area (Å²) in [6, 6.07) is 5.87. The third kappa shape index (κ3) is 5.01. The van der Waals surface area contributed by atoms with Crippen molar-refractivity contribution in [3.8, 4) is 5.75 Å². The standard InChI is InChI=1S/C18H28O3/c1-3-20-18-11-10-15(14(2)19)12-16(18)13-21-17-8-6-4-5-7-9-17/h10-12,14,17,19H,3-9,13H2,1-2H3. The molecule has 0 amide bonds. The van der Waals surface area contributed by atoms with E-state index in [9.17, 15) is 5.11 Å². The van der Waals surface area contributed by atoms with Crippen LogP contribution in [0.5, 0.6) is 5.75 Å². The van der Waals surface area contributed by atoms with Crippen LogP contribution in [0.4, 0.5) is 0 Å². The lowest BCUT2D eigenvalue weighted by Crippen LogP contribution is -2.12. The van der Waals surface area contributed by atoms with Crippen molar-refractivity contribution in [3.63, 3.8) is 0 Å². The lowest BCUT2D eigenvalue weighted by molar-refractivity contribution is 0.0297. The highest BCUT2D eigenvalue weighted by Gasteiger charge is 2.14. The molecular formula is C18H28O3. The molecule has 1 aromatic carbocycles. The molecule has 1 aliphatic rings. The van der Waals surface area contributed by atoms with E-state index in [0.29, 0.717) is 19.3 Å². The minimum atomic E-state index is -0.461. The van der Waals surface area contributed by atoms with Gasteiger partial charge in [-0.3, -0.25) is 0 Å². The highest BCUT2D eigenvalue weighted by molar-refractivity contribution is 5.37. The van der Waals surface area contributed by atoms with E-state index in [1.165, 1.54) is 38.5 Å². The monoisotopic (exact) mass is 292 g/mol. The van der Waals surface area contributed by atoms with Crippen LogP contribution >= 0.6 is 0 Å². The van der Waals surface area contributed by atoms with Gasteiger partial charge >= 0.3 is 0 Å². The first kappa shape index (κ1) is 16.3. The van der Waals surface area contributed by atoms with Crippen molar-refractivity contribution >= 4 is 0 Å². The molecule has 1 unspecified atom stereocenters. The van der Waals surface area contributed by atoms with Gasteiger partial charge in [-0.05, 0) is 44.4 Å². The van der Waals surface area contributed by atoms with Gasteiger partial charge in [0, 0.05) is 5.56 Å². The molecule has 118 valence electrons. The SMILES string of the molecule is CCOc1ccc(C(C)O)cc1COC1CCCCCC1. The third-order valence-electron chi connectivity index (χ3n) is 4.14. The molecule has 1 saturated carbocycles. The van der Waals surface area contributed by atoms with Crippen LogP contribution < -0.4 is 4.74 Å². The second-order valence-electron chi connectivity index (χ2n) is 5.90. The number of aliphatic hydroxyl groups excluding tert-OH is 1. The number of ether oxygens (including phenoxy) is 2. The second-order valence-corrected chi connectivity index (χ2v) is 5.90. The van der Waals surface area contributed by atoms with Crippen LogP contribution in [0.15, 0.2) is 18.2 Å². The Morgan fingerprint density at radius 2 is 1.90 bits per heavy atom. The van der Waals surface area contributed by atoms with E-state index >= 15 is 0 Å². The van der Waals surface area contributed by atoms with Crippen molar-refractivity contribution in [2.75, 3.05) is 6.61 Å². The highest BCUT2D eigenvalue weighted by atomic mass is 16.5. The number of rotatable bonds is 6. The van der Waals surface area contributed by atoms with Crippen LogP contribution in [0.2, 0.25) is 0 Å². The fourth-order valence-electron chi connectivity index (χ4n) is 2.88. The van der Waals surface area contributed by atoms with E-state index in [1.54, 1.807) is 6.92 Å². The lowest BCUT2D eigenvalue weighted by Gasteiger charge is -2.18. The first-order chi connectivity index (χ1) is 10.2. The molecule has 1 N–H and O–H groups in total. The fourth-order valence-corrected chi connectivity index (χ4v) is 2.88. The van der Waals surface area contributed by atoms with Gasteiger partial charge < -0.3 is 14.6 Å². The zero-order valence-corrected chi connectivity index (χ0v) is 13.3. The van der Waals surface area contributed by atoms with Crippen LogP contribution in [0, 0.1) is 0 Å². The molecule has 3 nitrogen and oxygen atoms in total. The van der Waals surface area contributed by atoms with Crippen LogP contribution in [0.3, 0.4) is 0 Å². The van der Waals surface area contributed by atoms with Crippen LogP contribution in [-0.4, -0.2) is 17.8 Å². The van der Waals surface area contributed by atoms with E-state index < -0.39 is 6.10 Å². The predicted molar refractivity (Wildman–Crippen MR) is 84.5 cm³/mol. The summed E-state index contributed by atoms with van der Waals surface area (Å²) >= 11 is 0.